The van der Waals surface area contributed by atoms with Crippen molar-refractivity contribution in [3.63, 3.8) is 0 Å². The normalized spacial score (nSPS) is 14.7. The maximum atomic E-state index is 13.5. The van der Waals surface area contributed by atoms with Crippen LogP contribution in [0.1, 0.15) is 48.0 Å². The lowest BCUT2D eigenvalue weighted by molar-refractivity contribution is -0.144. The van der Waals surface area contributed by atoms with E-state index in [-0.39, 0.29) is 27.9 Å². The minimum absolute atomic E-state index is 0.00393. The number of halogens is 3. The van der Waals surface area contributed by atoms with Gasteiger partial charge in [-0.05, 0) is 53.8 Å². The number of amides is 2. The van der Waals surface area contributed by atoms with E-state index in [0.29, 0.717) is 16.3 Å². The molecule has 4 rings (SSSR count). The Morgan fingerprint density at radius 1 is 0.946 bits per heavy atom. The Morgan fingerprint density at radius 3 is 2.27 bits per heavy atom. The first-order valence-electron chi connectivity index (χ1n) is 12.1. The van der Waals surface area contributed by atoms with E-state index in [1.807, 2.05) is 24.3 Å². The van der Waals surface area contributed by atoms with Crippen LogP contribution in [0.4, 0.5) is 5.69 Å². The van der Waals surface area contributed by atoms with E-state index in [9.17, 15) is 14.4 Å². The second kappa shape index (κ2) is 12.2. The fourth-order valence-corrected chi connectivity index (χ4v) is 5.48. The summed E-state index contributed by atoms with van der Waals surface area (Å²) in [5.41, 5.74) is 0.936. The summed E-state index contributed by atoms with van der Waals surface area (Å²) in [6.45, 7) is 0. The number of carbonyl (C=O) groups excluding carboxylic acids is 3. The van der Waals surface area contributed by atoms with Crippen LogP contribution in [0, 0.1) is 5.92 Å². The molecule has 6 nitrogen and oxygen atoms in total. The third kappa shape index (κ3) is 6.38. The van der Waals surface area contributed by atoms with Crippen molar-refractivity contribution in [3.05, 3.63) is 74.7 Å². The van der Waals surface area contributed by atoms with Crippen LogP contribution in [0.3, 0.4) is 0 Å². The lowest BCUT2D eigenvalue weighted by Crippen LogP contribution is -2.47. The van der Waals surface area contributed by atoms with Crippen molar-refractivity contribution in [3.8, 4) is 0 Å². The summed E-state index contributed by atoms with van der Waals surface area (Å²) in [4.78, 5) is 39.2. The predicted molar refractivity (Wildman–Crippen MR) is 148 cm³/mol. The molecule has 0 spiro atoms. The Hall–Kier alpha value is -2.80. The Balaban J connectivity index is 1.64. The van der Waals surface area contributed by atoms with Gasteiger partial charge in [-0.1, -0.05) is 78.3 Å². The maximum Gasteiger partial charge on any atom is 0.328 e. The Labute approximate surface area is 230 Å². The highest BCUT2D eigenvalue weighted by molar-refractivity contribution is 6.44. The number of rotatable bonds is 7. The van der Waals surface area contributed by atoms with Gasteiger partial charge in [-0.15, -0.1) is 0 Å². The molecule has 37 heavy (non-hydrogen) atoms. The average molecular weight is 562 g/mol. The molecule has 0 aromatic heterocycles. The smallest absolute Gasteiger partial charge is 0.328 e. The van der Waals surface area contributed by atoms with E-state index in [4.69, 9.17) is 39.5 Å². The number of hydrogen-bond donors (Lipinski definition) is 2. The highest BCUT2D eigenvalue weighted by Gasteiger charge is 2.32. The fourth-order valence-electron chi connectivity index (χ4n) is 4.80. The topological polar surface area (TPSA) is 84.5 Å². The van der Waals surface area contributed by atoms with Crippen LogP contribution in [0.2, 0.25) is 15.1 Å². The lowest BCUT2D eigenvalue weighted by atomic mass is 9.83. The predicted octanol–water partition coefficient (Wildman–Crippen LogP) is 6.83. The van der Waals surface area contributed by atoms with Gasteiger partial charge in [-0.25, -0.2) is 4.79 Å². The summed E-state index contributed by atoms with van der Waals surface area (Å²) in [5, 5.41) is 8.17. The first-order chi connectivity index (χ1) is 17.8. The zero-order chi connectivity index (χ0) is 26.5. The van der Waals surface area contributed by atoms with Gasteiger partial charge in [0, 0.05) is 10.6 Å². The van der Waals surface area contributed by atoms with E-state index in [0.717, 1.165) is 42.9 Å². The number of benzene rings is 3. The molecule has 194 valence electrons. The van der Waals surface area contributed by atoms with Gasteiger partial charge < -0.3 is 15.4 Å². The van der Waals surface area contributed by atoms with Crippen LogP contribution in [0.5, 0.6) is 0 Å². The van der Waals surface area contributed by atoms with E-state index in [1.165, 1.54) is 7.11 Å². The number of anilines is 1. The number of esters is 1. The van der Waals surface area contributed by atoms with Crippen molar-refractivity contribution in [1.82, 2.24) is 5.32 Å². The molecule has 0 heterocycles. The first kappa shape index (κ1) is 27.2. The lowest BCUT2D eigenvalue weighted by Gasteiger charge is -2.29. The summed E-state index contributed by atoms with van der Waals surface area (Å²) in [7, 11) is 1.32. The second-order valence-corrected chi connectivity index (χ2v) is 10.4. The van der Waals surface area contributed by atoms with Crippen molar-refractivity contribution >= 4 is 69.0 Å². The summed E-state index contributed by atoms with van der Waals surface area (Å²) >= 11 is 18.6. The summed E-state index contributed by atoms with van der Waals surface area (Å²) < 4.78 is 5.01. The molecule has 0 bridgehead atoms. The van der Waals surface area contributed by atoms with Crippen LogP contribution < -0.4 is 10.6 Å². The quantitative estimate of drug-likeness (QED) is 0.244. The van der Waals surface area contributed by atoms with Gasteiger partial charge in [-0.2, -0.15) is 0 Å². The number of carbonyl (C=O) groups is 3. The van der Waals surface area contributed by atoms with E-state index in [2.05, 4.69) is 10.6 Å². The molecule has 0 aliphatic heterocycles. The van der Waals surface area contributed by atoms with Gasteiger partial charge in [0.25, 0.3) is 5.91 Å². The molecule has 3 aromatic carbocycles. The Morgan fingerprint density at radius 2 is 1.59 bits per heavy atom. The van der Waals surface area contributed by atoms with Crippen LogP contribution in [0.25, 0.3) is 10.8 Å². The molecule has 1 aliphatic rings. The zero-order valence-electron chi connectivity index (χ0n) is 20.3. The first-order valence-corrected chi connectivity index (χ1v) is 13.3. The maximum absolute atomic E-state index is 13.5. The number of nitrogens with one attached hydrogen (secondary N) is 2. The molecular weight excluding hydrogens is 535 g/mol. The third-order valence-corrected chi connectivity index (χ3v) is 7.94. The molecule has 0 saturated heterocycles. The van der Waals surface area contributed by atoms with Crippen molar-refractivity contribution in [2.45, 2.75) is 44.6 Å². The molecule has 0 radical (unpaired) electrons. The summed E-state index contributed by atoms with van der Waals surface area (Å²) in [6.07, 6.45) is 4.64. The molecule has 2 N–H and O–H groups in total. The third-order valence-electron chi connectivity index (χ3n) is 6.74. The molecule has 1 atom stereocenters. The van der Waals surface area contributed by atoms with Gasteiger partial charge >= 0.3 is 5.97 Å². The minimum Gasteiger partial charge on any atom is -0.467 e. The van der Waals surface area contributed by atoms with E-state index < -0.39 is 23.8 Å². The molecule has 0 unspecified atom stereocenters. The molecule has 3 aromatic rings. The number of hydrogen-bond acceptors (Lipinski definition) is 4. The van der Waals surface area contributed by atoms with Crippen LogP contribution in [0.15, 0.2) is 48.5 Å². The van der Waals surface area contributed by atoms with Crippen molar-refractivity contribution < 1.29 is 19.1 Å². The minimum atomic E-state index is -0.767. The van der Waals surface area contributed by atoms with Gasteiger partial charge in [-0.3, -0.25) is 9.59 Å². The molecular formula is C28H27Cl3N2O4. The standard InChI is InChI=1S/C28H27Cl3N2O4/c1-37-28(36)26(16-7-3-2-4-8-16)33-27(35)20-13-17-9-5-6-10-18(17)14-23(20)32-24(34)15-19-21(29)11-12-22(30)25(19)31/h5-6,9-14,16,26H,2-4,7-8,15H2,1H3,(H,32,34)(H,33,35)/t26-/m0/s1. The van der Waals surface area contributed by atoms with Crippen molar-refractivity contribution in [2.24, 2.45) is 5.92 Å². The molecule has 1 saturated carbocycles. The summed E-state index contributed by atoms with van der Waals surface area (Å²) in [5.74, 6) is -1.37. The van der Waals surface area contributed by atoms with Gasteiger partial charge in [0.05, 0.1) is 34.8 Å². The zero-order valence-corrected chi connectivity index (χ0v) is 22.6. The SMILES string of the molecule is COC(=O)[C@@H](NC(=O)c1cc2ccccc2cc1NC(=O)Cc1c(Cl)ccc(Cl)c1Cl)C1CCCCC1. The summed E-state index contributed by atoms with van der Waals surface area (Å²) in [6, 6.07) is 13.3. The highest BCUT2D eigenvalue weighted by Crippen LogP contribution is 2.33. The monoisotopic (exact) mass is 560 g/mol. The molecule has 1 fully saturated rings. The van der Waals surface area contributed by atoms with Gasteiger partial charge in [0.1, 0.15) is 6.04 Å². The number of ether oxygens (including phenoxy) is 1. The average Bonchev–Trinajstić information content (AvgIpc) is 2.91. The molecule has 1 aliphatic carbocycles. The van der Waals surface area contributed by atoms with Crippen molar-refractivity contribution in [1.29, 1.82) is 0 Å². The van der Waals surface area contributed by atoms with E-state index in [1.54, 1.807) is 24.3 Å². The van der Waals surface area contributed by atoms with Crippen LogP contribution in [-0.2, 0) is 20.7 Å². The Kier molecular flexibility index (Phi) is 8.95. The van der Waals surface area contributed by atoms with Gasteiger partial charge in [0.15, 0.2) is 0 Å². The molecule has 9 heteroatoms. The largest absolute Gasteiger partial charge is 0.467 e. The van der Waals surface area contributed by atoms with Crippen LogP contribution >= 0.6 is 34.8 Å². The van der Waals surface area contributed by atoms with Crippen molar-refractivity contribution in [2.75, 3.05) is 12.4 Å². The highest BCUT2D eigenvalue weighted by atomic mass is 35.5. The molecule has 2 amide bonds. The number of fused-ring (bicyclic) bond motifs is 1. The van der Waals surface area contributed by atoms with E-state index >= 15 is 0 Å². The second-order valence-electron chi connectivity index (χ2n) is 9.16. The Bertz CT molecular complexity index is 1340. The number of methoxy groups -OCH3 is 1. The van der Waals surface area contributed by atoms with Crippen LogP contribution in [-0.4, -0.2) is 30.9 Å². The van der Waals surface area contributed by atoms with Gasteiger partial charge in [0.2, 0.25) is 5.91 Å². The fraction of sp³-hybridized carbons (Fsp3) is 0.321.